The number of cyclic esters (lactones) is 1. The molecule has 0 saturated carbocycles. The maximum Gasteiger partial charge on any atom is 0.332 e. The summed E-state index contributed by atoms with van der Waals surface area (Å²) in [6.07, 6.45) is 0. The second-order valence-electron chi connectivity index (χ2n) is 4.02. The molecule has 1 aliphatic heterocycles. The van der Waals surface area contributed by atoms with Gasteiger partial charge in [-0.2, -0.15) is 0 Å². The monoisotopic (exact) mass is 306 g/mol. The lowest BCUT2D eigenvalue weighted by Crippen LogP contribution is -2.40. The maximum absolute atomic E-state index is 11.6. The van der Waals surface area contributed by atoms with Crippen LogP contribution in [0.4, 0.5) is 0 Å². The van der Waals surface area contributed by atoms with Crippen LogP contribution >= 0.6 is 34.8 Å². The van der Waals surface area contributed by atoms with E-state index in [1.165, 1.54) is 0 Å². The SMILES string of the molecule is CC1=N[C@](C)(c2cc(Cl)nc(Cl)c2)OC(=O)C1Cl. The first-order valence-corrected chi connectivity index (χ1v) is 6.28. The van der Waals surface area contributed by atoms with E-state index in [0.717, 1.165) is 0 Å². The van der Waals surface area contributed by atoms with Crippen molar-refractivity contribution in [2.24, 2.45) is 4.99 Å². The van der Waals surface area contributed by atoms with Gasteiger partial charge in [-0.1, -0.05) is 23.2 Å². The van der Waals surface area contributed by atoms with Crippen molar-refractivity contribution in [1.82, 2.24) is 4.98 Å². The minimum atomic E-state index is -1.18. The van der Waals surface area contributed by atoms with Crippen LogP contribution in [0.15, 0.2) is 17.1 Å². The van der Waals surface area contributed by atoms with Crippen molar-refractivity contribution in [3.05, 3.63) is 28.0 Å². The van der Waals surface area contributed by atoms with Gasteiger partial charge in [0.1, 0.15) is 10.3 Å². The van der Waals surface area contributed by atoms with E-state index in [1.807, 2.05) is 0 Å². The lowest BCUT2D eigenvalue weighted by Gasteiger charge is -2.32. The summed E-state index contributed by atoms with van der Waals surface area (Å²) in [5.41, 5.74) is -0.147. The van der Waals surface area contributed by atoms with E-state index in [1.54, 1.807) is 26.0 Å². The number of esters is 1. The van der Waals surface area contributed by atoms with Gasteiger partial charge in [0.2, 0.25) is 5.72 Å². The third-order valence-electron chi connectivity index (χ3n) is 2.56. The quantitative estimate of drug-likeness (QED) is 0.455. The fourth-order valence-electron chi connectivity index (χ4n) is 1.69. The summed E-state index contributed by atoms with van der Waals surface area (Å²) in [6, 6.07) is 3.10. The maximum atomic E-state index is 11.6. The van der Waals surface area contributed by atoms with Crippen LogP contribution < -0.4 is 0 Å². The van der Waals surface area contributed by atoms with Crippen LogP contribution in [-0.2, 0) is 15.3 Å². The number of hydrogen-bond acceptors (Lipinski definition) is 4. The fourth-order valence-corrected chi connectivity index (χ4v) is 2.24. The van der Waals surface area contributed by atoms with Crippen LogP contribution in [0.1, 0.15) is 19.4 Å². The molecule has 0 aromatic carbocycles. The lowest BCUT2D eigenvalue weighted by atomic mass is 10.0. The summed E-state index contributed by atoms with van der Waals surface area (Å²) < 4.78 is 5.25. The van der Waals surface area contributed by atoms with Crippen molar-refractivity contribution in [2.45, 2.75) is 24.9 Å². The zero-order valence-corrected chi connectivity index (χ0v) is 11.8. The number of aliphatic imine (C=N–C) groups is 1. The van der Waals surface area contributed by atoms with Crippen molar-refractivity contribution in [1.29, 1.82) is 0 Å². The highest BCUT2D eigenvalue weighted by Gasteiger charge is 2.39. The van der Waals surface area contributed by atoms with Gasteiger partial charge in [0, 0.05) is 18.2 Å². The molecule has 2 heterocycles. The van der Waals surface area contributed by atoms with Gasteiger partial charge in [-0.15, -0.1) is 11.6 Å². The third-order valence-corrected chi connectivity index (χ3v) is 3.44. The van der Waals surface area contributed by atoms with Crippen molar-refractivity contribution < 1.29 is 9.53 Å². The first-order valence-electron chi connectivity index (χ1n) is 5.09. The van der Waals surface area contributed by atoms with Crippen LogP contribution in [-0.4, -0.2) is 22.0 Å². The zero-order valence-electron chi connectivity index (χ0n) is 9.58. The molecule has 4 nitrogen and oxygen atoms in total. The Hall–Kier alpha value is -0.840. The Balaban J connectivity index is 2.52. The van der Waals surface area contributed by atoms with Crippen LogP contribution in [0.25, 0.3) is 0 Å². The van der Waals surface area contributed by atoms with Gasteiger partial charge in [-0.3, -0.25) is 0 Å². The first-order chi connectivity index (χ1) is 8.32. The van der Waals surface area contributed by atoms with Gasteiger partial charge < -0.3 is 4.74 Å². The smallest absolute Gasteiger partial charge is 0.332 e. The number of carbonyl (C=O) groups is 1. The average Bonchev–Trinajstić information content (AvgIpc) is 2.24. The lowest BCUT2D eigenvalue weighted by molar-refractivity contribution is -0.158. The molecule has 0 amide bonds. The molecule has 0 bridgehead atoms. The molecule has 0 aliphatic carbocycles. The highest BCUT2D eigenvalue weighted by Crippen LogP contribution is 2.34. The van der Waals surface area contributed by atoms with Crippen LogP contribution in [0.5, 0.6) is 0 Å². The Labute approximate surface area is 119 Å². The van der Waals surface area contributed by atoms with E-state index in [4.69, 9.17) is 39.5 Å². The Morgan fingerprint density at radius 1 is 1.33 bits per heavy atom. The van der Waals surface area contributed by atoms with E-state index in [0.29, 0.717) is 11.3 Å². The second kappa shape index (κ2) is 4.68. The van der Waals surface area contributed by atoms with E-state index in [9.17, 15) is 4.79 Å². The van der Waals surface area contributed by atoms with Crippen LogP contribution in [0.3, 0.4) is 0 Å². The molecule has 2 atom stereocenters. The summed E-state index contributed by atoms with van der Waals surface area (Å²) >= 11 is 17.5. The average molecular weight is 308 g/mol. The summed E-state index contributed by atoms with van der Waals surface area (Å²) in [6.45, 7) is 3.31. The number of carbonyl (C=O) groups excluding carboxylic acids is 1. The van der Waals surface area contributed by atoms with Crippen molar-refractivity contribution in [2.75, 3.05) is 0 Å². The fraction of sp³-hybridized carbons (Fsp3) is 0.364. The third kappa shape index (κ3) is 2.46. The molecular weight excluding hydrogens is 298 g/mol. The van der Waals surface area contributed by atoms with Crippen molar-refractivity contribution in [3.8, 4) is 0 Å². The van der Waals surface area contributed by atoms with Gasteiger partial charge in [-0.05, 0) is 19.1 Å². The summed E-state index contributed by atoms with van der Waals surface area (Å²) in [5.74, 6) is -0.546. The molecule has 0 N–H and O–H groups in total. The Bertz CT molecular complexity index is 527. The molecule has 2 rings (SSSR count). The molecule has 18 heavy (non-hydrogen) atoms. The normalized spacial score (nSPS) is 27.7. The zero-order chi connectivity index (χ0) is 13.5. The van der Waals surface area contributed by atoms with Crippen LogP contribution in [0, 0.1) is 0 Å². The standard InChI is InChI=1S/C11H9Cl3N2O2/c1-5-9(14)10(17)18-11(2,16-5)6-3-7(12)15-8(13)4-6/h3-4,9H,1-2H3/t9?,11-/m0/s1. The van der Waals surface area contributed by atoms with Gasteiger partial charge >= 0.3 is 5.97 Å². The number of hydrogen-bond donors (Lipinski definition) is 0. The molecule has 0 fully saturated rings. The molecule has 0 radical (unpaired) electrons. The van der Waals surface area contributed by atoms with Gasteiger partial charge in [0.15, 0.2) is 5.38 Å². The number of halogens is 3. The van der Waals surface area contributed by atoms with E-state index >= 15 is 0 Å². The number of aromatic nitrogens is 1. The highest BCUT2D eigenvalue weighted by molar-refractivity contribution is 6.42. The predicted molar refractivity (Wildman–Crippen MR) is 70.5 cm³/mol. The van der Waals surface area contributed by atoms with E-state index in [2.05, 4.69) is 9.98 Å². The molecule has 1 aliphatic rings. The topological polar surface area (TPSA) is 51.6 Å². The molecule has 1 aromatic rings. The molecular formula is C11H9Cl3N2O2. The van der Waals surface area contributed by atoms with Gasteiger partial charge in [0.25, 0.3) is 0 Å². The predicted octanol–water partition coefficient (Wildman–Crippen LogP) is 3.19. The summed E-state index contributed by atoms with van der Waals surface area (Å²) in [4.78, 5) is 19.8. The van der Waals surface area contributed by atoms with E-state index in [-0.39, 0.29) is 10.3 Å². The number of rotatable bonds is 1. The molecule has 1 unspecified atom stereocenters. The number of ether oxygens (including phenoxy) is 1. The van der Waals surface area contributed by atoms with Gasteiger partial charge in [0.05, 0.1) is 0 Å². The molecule has 0 saturated heterocycles. The van der Waals surface area contributed by atoms with Gasteiger partial charge in [-0.25, -0.2) is 14.8 Å². The Morgan fingerprint density at radius 3 is 2.39 bits per heavy atom. The minimum absolute atomic E-state index is 0.204. The van der Waals surface area contributed by atoms with Crippen LogP contribution in [0.2, 0.25) is 10.3 Å². The minimum Gasteiger partial charge on any atom is -0.432 e. The number of alkyl halides is 1. The summed E-state index contributed by atoms with van der Waals surface area (Å²) in [5, 5.41) is -0.447. The van der Waals surface area contributed by atoms with Crippen molar-refractivity contribution >= 4 is 46.5 Å². The largest absolute Gasteiger partial charge is 0.432 e. The molecule has 7 heteroatoms. The number of nitrogens with zero attached hydrogens (tertiary/aromatic N) is 2. The Kier molecular flexibility index (Phi) is 3.54. The molecule has 96 valence electrons. The van der Waals surface area contributed by atoms with E-state index < -0.39 is 17.1 Å². The van der Waals surface area contributed by atoms with Crippen molar-refractivity contribution in [3.63, 3.8) is 0 Å². The molecule has 1 aromatic heterocycles. The summed E-state index contributed by atoms with van der Waals surface area (Å²) in [7, 11) is 0. The number of pyridine rings is 1. The second-order valence-corrected chi connectivity index (χ2v) is 5.23. The Morgan fingerprint density at radius 2 is 1.89 bits per heavy atom. The highest BCUT2D eigenvalue weighted by atomic mass is 35.5. The molecule has 0 spiro atoms. The first kappa shape index (κ1) is 13.6.